The largest absolute Gasteiger partial charge is 0.493 e. The van der Waals surface area contributed by atoms with Gasteiger partial charge in [0.05, 0.1) is 12.9 Å². The number of unbranched alkanes of at least 4 members (excludes halogenated alkanes) is 2. The first-order valence-electron chi connectivity index (χ1n) is 10.1. The van der Waals surface area contributed by atoms with E-state index in [9.17, 15) is 0 Å². The molecule has 2 heterocycles. The Morgan fingerprint density at radius 1 is 1.00 bits per heavy atom. The molecular formula is C23H27ClN2O2. The number of ether oxygens (including phenoxy) is 1. The molecule has 1 aromatic heterocycles. The lowest BCUT2D eigenvalue weighted by Gasteiger charge is -2.26. The molecule has 0 radical (unpaired) electrons. The lowest BCUT2D eigenvalue weighted by Crippen LogP contribution is -2.43. The molecular weight excluding hydrogens is 372 g/mol. The van der Waals surface area contributed by atoms with E-state index >= 15 is 0 Å². The van der Waals surface area contributed by atoms with Gasteiger partial charge in [0.15, 0.2) is 0 Å². The summed E-state index contributed by atoms with van der Waals surface area (Å²) in [5.74, 6) is 0.867. The van der Waals surface area contributed by atoms with Crippen molar-refractivity contribution in [3.8, 4) is 16.9 Å². The zero-order valence-corrected chi connectivity index (χ0v) is 16.9. The molecule has 1 saturated heterocycles. The Bertz CT molecular complexity index is 885. The van der Waals surface area contributed by atoms with Gasteiger partial charge in [-0.3, -0.25) is 0 Å². The smallest absolute Gasteiger partial charge is 0.138 e. The molecule has 0 atom stereocenters. The van der Waals surface area contributed by atoms with Crippen LogP contribution >= 0.6 is 11.6 Å². The average Bonchev–Trinajstić information content (AvgIpc) is 3.15. The summed E-state index contributed by atoms with van der Waals surface area (Å²) in [5, 5.41) is 5.22. The van der Waals surface area contributed by atoms with E-state index in [4.69, 9.17) is 20.8 Å². The van der Waals surface area contributed by atoms with Crippen LogP contribution < -0.4 is 10.1 Å². The summed E-state index contributed by atoms with van der Waals surface area (Å²) in [6, 6.07) is 13.9. The van der Waals surface area contributed by atoms with Crippen molar-refractivity contribution in [2.75, 3.05) is 39.3 Å². The van der Waals surface area contributed by atoms with E-state index < -0.39 is 0 Å². The monoisotopic (exact) mass is 398 g/mol. The number of nitrogens with zero attached hydrogens (tertiary/aromatic N) is 1. The van der Waals surface area contributed by atoms with Gasteiger partial charge in [-0.2, -0.15) is 0 Å². The number of piperazine rings is 1. The number of nitrogens with one attached hydrogen (secondary N) is 1. The zero-order valence-electron chi connectivity index (χ0n) is 16.1. The van der Waals surface area contributed by atoms with Crippen LogP contribution in [-0.4, -0.2) is 44.2 Å². The molecule has 1 fully saturated rings. The summed E-state index contributed by atoms with van der Waals surface area (Å²) < 4.78 is 11.7. The minimum absolute atomic E-state index is 0.736. The van der Waals surface area contributed by atoms with E-state index in [2.05, 4.69) is 16.3 Å². The van der Waals surface area contributed by atoms with Crippen LogP contribution in [0.4, 0.5) is 0 Å². The normalized spacial score (nSPS) is 15.2. The maximum Gasteiger partial charge on any atom is 0.138 e. The van der Waals surface area contributed by atoms with Gasteiger partial charge in [-0.15, -0.1) is 0 Å². The fourth-order valence-electron chi connectivity index (χ4n) is 3.69. The Morgan fingerprint density at radius 3 is 2.64 bits per heavy atom. The van der Waals surface area contributed by atoms with Gasteiger partial charge in [0.1, 0.15) is 11.3 Å². The van der Waals surface area contributed by atoms with E-state index in [1.807, 2.05) is 36.4 Å². The molecule has 4 nitrogen and oxygen atoms in total. The quantitative estimate of drug-likeness (QED) is 0.529. The van der Waals surface area contributed by atoms with Crippen molar-refractivity contribution in [1.82, 2.24) is 10.2 Å². The number of halogens is 1. The van der Waals surface area contributed by atoms with Gasteiger partial charge in [-0.1, -0.05) is 23.7 Å². The SMILES string of the molecule is Clc1ccc(-c2coc3cc(OCCCCCN4CCNCC4)ccc23)cc1. The number of hydrogen-bond donors (Lipinski definition) is 1. The third-order valence-corrected chi connectivity index (χ3v) is 5.55. The first kappa shape index (κ1) is 19.3. The van der Waals surface area contributed by atoms with Crippen molar-refractivity contribution in [2.24, 2.45) is 0 Å². The van der Waals surface area contributed by atoms with Crippen molar-refractivity contribution in [1.29, 1.82) is 0 Å². The van der Waals surface area contributed by atoms with Crippen LogP contribution in [0.5, 0.6) is 5.75 Å². The van der Waals surface area contributed by atoms with Crippen LogP contribution in [0.2, 0.25) is 5.02 Å². The molecule has 28 heavy (non-hydrogen) atoms. The molecule has 0 aliphatic carbocycles. The second-order valence-electron chi connectivity index (χ2n) is 7.31. The van der Waals surface area contributed by atoms with Gasteiger partial charge in [-0.05, 0) is 55.6 Å². The van der Waals surface area contributed by atoms with Crippen molar-refractivity contribution >= 4 is 22.6 Å². The molecule has 0 bridgehead atoms. The Hall–Kier alpha value is -2.01. The molecule has 4 rings (SSSR count). The van der Waals surface area contributed by atoms with E-state index in [1.54, 1.807) is 6.26 Å². The summed E-state index contributed by atoms with van der Waals surface area (Å²) >= 11 is 5.99. The molecule has 1 N–H and O–H groups in total. The highest BCUT2D eigenvalue weighted by Gasteiger charge is 2.10. The molecule has 5 heteroatoms. The standard InChI is InChI=1S/C23H27ClN2O2/c24-19-6-4-18(5-7-19)22-17-28-23-16-20(8-9-21(22)23)27-15-3-1-2-12-26-13-10-25-11-14-26/h4-9,16-17,25H,1-3,10-15H2. The molecule has 2 aromatic carbocycles. The van der Waals surface area contributed by atoms with Gasteiger partial charge < -0.3 is 19.4 Å². The fourth-order valence-corrected chi connectivity index (χ4v) is 3.82. The van der Waals surface area contributed by atoms with Crippen molar-refractivity contribution < 1.29 is 9.15 Å². The highest BCUT2D eigenvalue weighted by molar-refractivity contribution is 6.30. The fraction of sp³-hybridized carbons (Fsp3) is 0.391. The minimum Gasteiger partial charge on any atom is -0.493 e. The van der Waals surface area contributed by atoms with Crippen molar-refractivity contribution in [3.63, 3.8) is 0 Å². The topological polar surface area (TPSA) is 37.6 Å². The summed E-state index contributed by atoms with van der Waals surface area (Å²) in [5.41, 5.74) is 3.02. The van der Waals surface area contributed by atoms with Gasteiger partial charge in [0.2, 0.25) is 0 Å². The van der Waals surface area contributed by atoms with E-state index in [0.717, 1.165) is 59.0 Å². The van der Waals surface area contributed by atoms with Gasteiger partial charge >= 0.3 is 0 Å². The van der Waals surface area contributed by atoms with Crippen molar-refractivity contribution in [3.05, 3.63) is 53.8 Å². The number of furan rings is 1. The van der Waals surface area contributed by atoms with E-state index in [-0.39, 0.29) is 0 Å². The van der Waals surface area contributed by atoms with Gasteiger partial charge in [0, 0.05) is 48.2 Å². The highest BCUT2D eigenvalue weighted by Crippen LogP contribution is 2.33. The molecule has 148 valence electrons. The van der Waals surface area contributed by atoms with Crippen molar-refractivity contribution in [2.45, 2.75) is 19.3 Å². The van der Waals surface area contributed by atoms with Crippen LogP contribution in [-0.2, 0) is 0 Å². The number of fused-ring (bicyclic) bond motifs is 1. The second kappa shape index (κ2) is 9.46. The summed E-state index contributed by atoms with van der Waals surface area (Å²) in [4.78, 5) is 2.54. The third-order valence-electron chi connectivity index (χ3n) is 5.30. The predicted octanol–water partition coefficient (Wildman–Crippen LogP) is 5.21. The molecule has 0 saturated carbocycles. The molecule has 1 aliphatic heterocycles. The number of rotatable bonds is 8. The van der Waals surface area contributed by atoms with Gasteiger partial charge in [-0.25, -0.2) is 0 Å². The Kier molecular flexibility index (Phi) is 6.53. The molecule has 1 aliphatic rings. The number of benzene rings is 2. The third kappa shape index (κ3) is 4.88. The number of hydrogen-bond acceptors (Lipinski definition) is 4. The molecule has 3 aromatic rings. The lowest BCUT2D eigenvalue weighted by atomic mass is 10.0. The average molecular weight is 399 g/mol. The first-order valence-corrected chi connectivity index (χ1v) is 10.5. The Morgan fingerprint density at radius 2 is 1.82 bits per heavy atom. The van der Waals surface area contributed by atoms with E-state index in [1.165, 1.54) is 32.5 Å². The Labute approximate surface area is 171 Å². The summed E-state index contributed by atoms with van der Waals surface area (Å²) in [7, 11) is 0. The highest BCUT2D eigenvalue weighted by atomic mass is 35.5. The van der Waals surface area contributed by atoms with Crippen LogP contribution in [0.15, 0.2) is 53.1 Å². The Balaban J connectivity index is 1.26. The summed E-state index contributed by atoms with van der Waals surface area (Å²) in [6.07, 6.45) is 5.32. The maximum absolute atomic E-state index is 5.99. The minimum atomic E-state index is 0.736. The molecule has 0 amide bonds. The zero-order chi connectivity index (χ0) is 19.2. The summed E-state index contributed by atoms with van der Waals surface area (Å²) in [6.45, 7) is 6.55. The molecule has 0 spiro atoms. The van der Waals surface area contributed by atoms with E-state index in [0.29, 0.717) is 0 Å². The second-order valence-corrected chi connectivity index (χ2v) is 7.75. The maximum atomic E-state index is 5.99. The van der Waals surface area contributed by atoms with Crippen LogP contribution in [0.3, 0.4) is 0 Å². The van der Waals surface area contributed by atoms with Gasteiger partial charge in [0.25, 0.3) is 0 Å². The lowest BCUT2D eigenvalue weighted by molar-refractivity contribution is 0.232. The first-order chi connectivity index (χ1) is 13.8. The van der Waals surface area contributed by atoms with Crippen LogP contribution in [0, 0.1) is 0 Å². The predicted molar refractivity (Wildman–Crippen MR) is 115 cm³/mol. The molecule has 0 unspecified atom stereocenters. The van der Waals surface area contributed by atoms with Crippen LogP contribution in [0.25, 0.3) is 22.1 Å². The van der Waals surface area contributed by atoms with Crippen LogP contribution in [0.1, 0.15) is 19.3 Å².